The minimum Gasteiger partial charge on any atom is -0.507 e. The molecule has 1 aliphatic heterocycles. The zero-order valence-corrected chi connectivity index (χ0v) is 12.3. The third-order valence-corrected chi connectivity index (χ3v) is 3.81. The van der Waals surface area contributed by atoms with E-state index in [1.165, 1.54) is 18.7 Å². The summed E-state index contributed by atoms with van der Waals surface area (Å²) in [6, 6.07) is 12.7. The van der Waals surface area contributed by atoms with E-state index < -0.39 is 0 Å². The van der Waals surface area contributed by atoms with Crippen LogP contribution in [0.15, 0.2) is 42.5 Å². The van der Waals surface area contributed by atoms with Crippen molar-refractivity contribution in [3.63, 3.8) is 0 Å². The van der Waals surface area contributed by atoms with Crippen LogP contribution >= 0.6 is 0 Å². The maximum Gasteiger partial charge on any atom is 0.255 e. The van der Waals surface area contributed by atoms with Crippen LogP contribution < -0.4 is 15.4 Å². The normalized spacial score (nSPS) is 16.3. The lowest BCUT2D eigenvalue weighted by molar-refractivity contribution is 0.0935. The van der Waals surface area contributed by atoms with Crippen molar-refractivity contribution in [3.05, 3.63) is 53.6 Å². The van der Waals surface area contributed by atoms with E-state index in [4.69, 9.17) is 4.74 Å². The molecule has 1 amide bonds. The minimum atomic E-state index is -0.286. The first-order chi connectivity index (χ1) is 10.7. The van der Waals surface area contributed by atoms with Crippen LogP contribution in [0, 0.1) is 0 Å². The van der Waals surface area contributed by atoms with E-state index in [2.05, 4.69) is 10.6 Å². The van der Waals surface area contributed by atoms with Gasteiger partial charge in [-0.1, -0.05) is 18.2 Å². The van der Waals surface area contributed by atoms with Crippen LogP contribution in [0.3, 0.4) is 0 Å². The SMILES string of the molecule is COc1ccc(C(=O)NC2CNc3ccccc3C2)c(O)c1. The molecule has 0 radical (unpaired) electrons. The van der Waals surface area contributed by atoms with E-state index in [0.717, 1.165) is 12.1 Å². The highest BCUT2D eigenvalue weighted by Gasteiger charge is 2.21. The van der Waals surface area contributed by atoms with Crippen molar-refractivity contribution in [2.45, 2.75) is 12.5 Å². The van der Waals surface area contributed by atoms with E-state index in [1.54, 1.807) is 12.1 Å². The van der Waals surface area contributed by atoms with Crippen LogP contribution in [0.4, 0.5) is 5.69 Å². The predicted octanol–water partition coefficient (Wildman–Crippen LogP) is 2.17. The van der Waals surface area contributed by atoms with Crippen LogP contribution in [0.25, 0.3) is 0 Å². The fourth-order valence-electron chi connectivity index (χ4n) is 2.64. The first kappa shape index (κ1) is 14.3. The lowest BCUT2D eigenvalue weighted by Crippen LogP contribution is -2.43. The third kappa shape index (κ3) is 2.83. The van der Waals surface area contributed by atoms with Crippen molar-refractivity contribution in [2.24, 2.45) is 0 Å². The molecule has 5 nitrogen and oxygen atoms in total. The largest absolute Gasteiger partial charge is 0.507 e. The fourth-order valence-corrected chi connectivity index (χ4v) is 2.64. The van der Waals surface area contributed by atoms with Gasteiger partial charge < -0.3 is 20.5 Å². The molecule has 22 heavy (non-hydrogen) atoms. The summed E-state index contributed by atoms with van der Waals surface area (Å²) < 4.78 is 5.02. The Labute approximate surface area is 128 Å². The number of aromatic hydroxyl groups is 1. The molecule has 0 aromatic heterocycles. The summed E-state index contributed by atoms with van der Waals surface area (Å²) in [6.07, 6.45) is 0.770. The average Bonchev–Trinajstić information content (AvgIpc) is 2.54. The molecule has 1 heterocycles. The summed E-state index contributed by atoms with van der Waals surface area (Å²) >= 11 is 0. The Morgan fingerprint density at radius 1 is 1.32 bits per heavy atom. The first-order valence-corrected chi connectivity index (χ1v) is 7.17. The Balaban J connectivity index is 1.70. The quantitative estimate of drug-likeness (QED) is 0.812. The van der Waals surface area contributed by atoms with Gasteiger partial charge in [0.15, 0.2) is 0 Å². The number of ether oxygens (including phenoxy) is 1. The van der Waals surface area contributed by atoms with Gasteiger partial charge in [-0.2, -0.15) is 0 Å². The van der Waals surface area contributed by atoms with Crippen LogP contribution in [0.5, 0.6) is 11.5 Å². The summed E-state index contributed by atoms with van der Waals surface area (Å²) in [5.41, 5.74) is 2.54. The lowest BCUT2D eigenvalue weighted by Gasteiger charge is -2.27. The molecule has 1 aliphatic rings. The van der Waals surface area contributed by atoms with E-state index >= 15 is 0 Å². The Morgan fingerprint density at radius 3 is 2.91 bits per heavy atom. The van der Waals surface area contributed by atoms with Gasteiger partial charge in [0.25, 0.3) is 5.91 Å². The highest BCUT2D eigenvalue weighted by atomic mass is 16.5. The van der Waals surface area contributed by atoms with Crippen molar-refractivity contribution in [1.82, 2.24) is 5.32 Å². The molecule has 3 rings (SSSR count). The predicted molar refractivity (Wildman–Crippen MR) is 84.5 cm³/mol. The number of hydrogen-bond donors (Lipinski definition) is 3. The second kappa shape index (κ2) is 5.97. The van der Waals surface area contributed by atoms with Crippen molar-refractivity contribution in [2.75, 3.05) is 19.0 Å². The van der Waals surface area contributed by atoms with Crippen molar-refractivity contribution >= 4 is 11.6 Å². The summed E-state index contributed by atoms with van der Waals surface area (Å²) in [4.78, 5) is 12.3. The van der Waals surface area contributed by atoms with Gasteiger partial charge in [-0.05, 0) is 30.2 Å². The van der Waals surface area contributed by atoms with Gasteiger partial charge in [-0.25, -0.2) is 0 Å². The topological polar surface area (TPSA) is 70.6 Å². The number of carbonyl (C=O) groups is 1. The molecule has 0 spiro atoms. The van der Waals surface area contributed by atoms with Gasteiger partial charge in [0, 0.05) is 18.3 Å². The number of carbonyl (C=O) groups excluding carboxylic acids is 1. The number of benzene rings is 2. The number of nitrogens with one attached hydrogen (secondary N) is 2. The zero-order valence-electron chi connectivity index (χ0n) is 12.3. The number of para-hydroxylation sites is 1. The monoisotopic (exact) mass is 298 g/mol. The molecule has 0 aliphatic carbocycles. The van der Waals surface area contributed by atoms with Gasteiger partial charge in [0.05, 0.1) is 18.7 Å². The smallest absolute Gasteiger partial charge is 0.255 e. The highest BCUT2D eigenvalue weighted by molar-refractivity contribution is 5.97. The van der Waals surface area contributed by atoms with Gasteiger partial charge in [-0.15, -0.1) is 0 Å². The minimum absolute atomic E-state index is 0.0103. The second-order valence-electron chi connectivity index (χ2n) is 5.30. The second-order valence-corrected chi connectivity index (χ2v) is 5.30. The number of amides is 1. The maximum absolute atomic E-state index is 12.3. The molecule has 3 N–H and O–H groups in total. The van der Waals surface area contributed by atoms with E-state index in [0.29, 0.717) is 12.3 Å². The van der Waals surface area contributed by atoms with Gasteiger partial charge in [0.1, 0.15) is 11.5 Å². The number of fused-ring (bicyclic) bond motifs is 1. The van der Waals surface area contributed by atoms with E-state index in [1.807, 2.05) is 24.3 Å². The summed E-state index contributed by atoms with van der Waals surface area (Å²) in [5.74, 6) is 0.148. The molecule has 2 aromatic rings. The molecule has 1 unspecified atom stereocenters. The van der Waals surface area contributed by atoms with Crippen molar-refractivity contribution in [1.29, 1.82) is 0 Å². The molecule has 0 saturated heterocycles. The molecular weight excluding hydrogens is 280 g/mol. The Bertz CT molecular complexity index is 700. The maximum atomic E-state index is 12.3. The first-order valence-electron chi connectivity index (χ1n) is 7.17. The molecule has 1 atom stereocenters. The Hall–Kier alpha value is -2.69. The highest BCUT2D eigenvalue weighted by Crippen LogP contribution is 2.24. The molecule has 114 valence electrons. The number of phenols is 1. The fraction of sp³-hybridized carbons (Fsp3) is 0.235. The average molecular weight is 298 g/mol. The lowest BCUT2D eigenvalue weighted by atomic mass is 9.99. The van der Waals surface area contributed by atoms with Gasteiger partial charge in [-0.3, -0.25) is 4.79 Å². The molecule has 0 saturated carbocycles. The Kier molecular flexibility index (Phi) is 3.87. The summed E-state index contributed by atoms with van der Waals surface area (Å²) in [6.45, 7) is 0.666. The third-order valence-electron chi connectivity index (χ3n) is 3.81. The van der Waals surface area contributed by atoms with Gasteiger partial charge >= 0.3 is 0 Å². The van der Waals surface area contributed by atoms with Crippen LogP contribution in [0.2, 0.25) is 0 Å². The van der Waals surface area contributed by atoms with Crippen molar-refractivity contribution in [3.8, 4) is 11.5 Å². The standard InChI is InChI=1S/C17H18N2O3/c1-22-13-6-7-14(16(20)9-13)17(21)19-12-8-11-4-2-3-5-15(11)18-10-12/h2-7,9,12,18,20H,8,10H2,1H3,(H,19,21). The van der Waals surface area contributed by atoms with E-state index in [9.17, 15) is 9.90 Å². The number of methoxy groups -OCH3 is 1. The molecular formula is C17H18N2O3. The van der Waals surface area contributed by atoms with Crippen molar-refractivity contribution < 1.29 is 14.6 Å². The zero-order chi connectivity index (χ0) is 15.5. The number of anilines is 1. The van der Waals surface area contributed by atoms with Crippen LogP contribution in [-0.4, -0.2) is 30.7 Å². The number of hydrogen-bond acceptors (Lipinski definition) is 4. The summed E-state index contributed by atoms with van der Waals surface area (Å²) in [5, 5.41) is 16.2. The van der Waals surface area contributed by atoms with Crippen LogP contribution in [0.1, 0.15) is 15.9 Å². The van der Waals surface area contributed by atoms with Crippen LogP contribution in [-0.2, 0) is 6.42 Å². The molecule has 2 aromatic carbocycles. The van der Waals surface area contributed by atoms with E-state index in [-0.39, 0.29) is 23.3 Å². The molecule has 0 fully saturated rings. The number of rotatable bonds is 3. The molecule has 0 bridgehead atoms. The number of phenolic OH excluding ortho intramolecular Hbond substituents is 1. The summed E-state index contributed by atoms with van der Waals surface area (Å²) in [7, 11) is 1.51. The van der Waals surface area contributed by atoms with Gasteiger partial charge in [0.2, 0.25) is 0 Å². The molecule has 5 heteroatoms. The Morgan fingerprint density at radius 2 is 2.14 bits per heavy atom.